The van der Waals surface area contributed by atoms with E-state index in [4.69, 9.17) is 0 Å². The van der Waals surface area contributed by atoms with Gasteiger partial charge >= 0.3 is 0 Å². The van der Waals surface area contributed by atoms with Gasteiger partial charge in [0.05, 0.1) is 23.1 Å². The van der Waals surface area contributed by atoms with Crippen molar-refractivity contribution >= 4 is 11.8 Å². The van der Waals surface area contributed by atoms with Gasteiger partial charge < -0.3 is 4.98 Å². The zero-order valence-corrected chi connectivity index (χ0v) is 14.8. The fraction of sp³-hybridized carbons (Fsp3) is 0.278. The summed E-state index contributed by atoms with van der Waals surface area (Å²) in [6, 6.07) is 10.1. The number of rotatable bonds is 4. The SMILES string of the molecule is CSc1nc2c(c(=O)[nH]1)CN(Cc1cnn(-c3ccccc3)c1)CC2. The lowest BCUT2D eigenvalue weighted by Gasteiger charge is -2.27. The molecule has 1 aromatic carbocycles. The summed E-state index contributed by atoms with van der Waals surface area (Å²) in [7, 11) is 0. The average Bonchev–Trinajstić information content (AvgIpc) is 3.11. The Balaban J connectivity index is 1.50. The number of fused-ring (bicyclic) bond motifs is 1. The number of H-pyrrole nitrogens is 1. The number of aromatic amines is 1. The van der Waals surface area contributed by atoms with Crippen molar-refractivity contribution in [3.63, 3.8) is 0 Å². The number of hydrogen-bond acceptors (Lipinski definition) is 5. The van der Waals surface area contributed by atoms with Gasteiger partial charge in [-0.2, -0.15) is 5.10 Å². The van der Waals surface area contributed by atoms with Gasteiger partial charge in [0.2, 0.25) is 0 Å². The average molecular weight is 353 g/mol. The maximum absolute atomic E-state index is 12.3. The van der Waals surface area contributed by atoms with Crippen molar-refractivity contribution in [3.8, 4) is 5.69 Å². The van der Waals surface area contributed by atoms with Gasteiger partial charge in [-0.25, -0.2) is 9.67 Å². The van der Waals surface area contributed by atoms with Gasteiger partial charge in [0.25, 0.3) is 5.56 Å². The Hall–Kier alpha value is -2.38. The fourth-order valence-corrected chi connectivity index (χ4v) is 3.51. The van der Waals surface area contributed by atoms with Crippen molar-refractivity contribution in [1.29, 1.82) is 0 Å². The fourth-order valence-electron chi connectivity index (χ4n) is 3.11. The van der Waals surface area contributed by atoms with E-state index in [0.29, 0.717) is 11.7 Å². The Morgan fingerprint density at radius 1 is 1.28 bits per heavy atom. The number of aromatic nitrogens is 4. The molecular formula is C18H19N5OS. The molecule has 0 spiro atoms. The van der Waals surface area contributed by atoms with Gasteiger partial charge in [-0.05, 0) is 18.4 Å². The van der Waals surface area contributed by atoms with Crippen LogP contribution in [-0.4, -0.2) is 37.4 Å². The molecule has 2 aromatic heterocycles. The molecule has 0 unspecified atom stereocenters. The Bertz CT molecular complexity index is 934. The van der Waals surface area contributed by atoms with Gasteiger partial charge in [0.15, 0.2) is 5.16 Å². The Kier molecular flexibility index (Phi) is 4.42. The molecule has 0 amide bonds. The number of benzene rings is 1. The molecule has 1 aliphatic rings. The number of para-hydroxylation sites is 1. The molecule has 4 rings (SSSR count). The highest BCUT2D eigenvalue weighted by atomic mass is 32.2. The highest BCUT2D eigenvalue weighted by Crippen LogP contribution is 2.18. The minimum Gasteiger partial charge on any atom is -0.301 e. The van der Waals surface area contributed by atoms with Gasteiger partial charge in [0.1, 0.15) is 0 Å². The highest BCUT2D eigenvalue weighted by molar-refractivity contribution is 7.98. The van der Waals surface area contributed by atoms with E-state index in [0.717, 1.165) is 42.0 Å². The standard InChI is InChI=1S/C18H19N5OS/c1-25-18-20-16-7-8-22(12-15(16)17(24)21-18)10-13-9-19-23(11-13)14-5-3-2-4-6-14/h2-6,9,11H,7-8,10,12H2,1H3,(H,20,21,24). The molecule has 0 atom stereocenters. The van der Waals surface area contributed by atoms with Crippen LogP contribution in [0.4, 0.5) is 0 Å². The van der Waals surface area contributed by atoms with E-state index in [2.05, 4.69) is 20.0 Å². The maximum atomic E-state index is 12.3. The molecule has 128 valence electrons. The monoisotopic (exact) mass is 353 g/mol. The summed E-state index contributed by atoms with van der Waals surface area (Å²) in [6.45, 7) is 2.30. The summed E-state index contributed by atoms with van der Waals surface area (Å²) >= 11 is 1.47. The van der Waals surface area contributed by atoms with Gasteiger partial charge in [-0.3, -0.25) is 9.69 Å². The van der Waals surface area contributed by atoms with Crippen molar-refractivity contribution in [2.45, 2.75) is 24.7 Å². The zero-order valence-electron chi connectivity index (χ0n) is 14.0. The van der Waals surface area contributed by atoms with Crippen LogP contribution in [0.15, 0.2) is 52.7 Å². The number of nitrogens with zero attached hydrogens (tertiary/aromatic N) is 4. The smallest absolute Gasteiger partial charge is 0.256 e. The number of thioether (sulfide) groups is 1. The van der Waals surface area contributed by atoms with Crippen molar-refractivity contribution in [1.82, 2.24) is 24.6 Å². The van der Waals surface area contributed by atoms with Crippen LogP contribution in [0.2, 0.25) is 0 Å². The molecule has 6 nitrogen and oxygen atoms in total. The Labute approximate surface area is 149 Å². The largest absolute Gasteiger partial charge is 0.301 e. The van der Waals surface area contributed by atoms with Crippen LogP contribution < -0.4 is 5.56 Å². The van der Waals surface area contributed by atoms with Crippen LogP contribution in [-0.2, 0) is 19.5 Å². The van der Waals surface area contributed by atoms with Crippen LogP contribution in [0, 0.1) is 0 Å². The topological polar surface area (TPSA) is 66.8 Å². The van der Waals surface area contributed by atoms with Gasteiger partial charge in [-0.15, -0.1) is 0 Å². The quantitative estimate of drug-likeness (QED) is 0.575. The highest BCUT2D eigenvalue weighted by Gasteiger charge is 2.21. The van der Waals surface area contributed by atoms with E-state index in [1.54, 1.807) is 0 Å². The molecule has 0 fully saturated rings. The lowest BCUT2D eigenvalue weighted by Crippen LogP contribution is -2.35. The molecule has 1 N–H and O–H groups in total. The minimum absolute atomic E-state index is 0.0148. The molecule has 7 heteroatoms. The van der Waals surface area contributed by atoms with E-state index < -0.39 is 0 Å². The third-order valence-electron chi connectivity index (χ3n) is 4.38. The van der Waals surface area contributed by atoms with Crippen LogP contribution in [0.25, 0.3) is 5.69 Å². The first-order chi connectivity index (χ1) is 12.2. The Morgan fingerprint density at radius 3 is 2.92 bits per heavy atom. The maximum Gasteiger partial charge on any atom is 0.256 e. The normalized spacial score (nSPS) is 14.4. The van der Waals surface area contributed by atoms with E-state index in [1.807, 2.05) is 53.7 Å². The van der Waals surface area contributed by atoms with E-state index in [-0.39, 0.29) is 5.56 Å². The van der Waals surface area contributed by atoms with E-state index >= 15 is 0 Å². The first-order valence-electron chi connectivity index (χ1n) is 8.20. The van der Waals surface area contributed by atoms with Crippen molar-refractivity contribution in [2.75, 3.05) is 12.8 Å². The van der Waals surface area contributed by atoms with E-state index in [1.165, 1.54) is 11.8 Å². The summed E-state index contributed by atoms with van der Waals surface area (Å²) in [5, 5.41) is 5.14. The summed E-state index contributed by atoms with van der Waals surface area (Å²) in [5.74, 6) is 0. The summed E-state index contributed by atoms with van der Waals surface area (Å²) in [6.07, 6.45) is 6.66. The lowest BCUT2D eigenvalue weighted by molar-refractivity contribution is 0.241. The predicted molar refractivity (Wildman–Crippen MR) is 98.0 cm³/mol. The van der Waals surface area contributed by atoms with Crippen molar-refractivity contribution in [3.05, 3.63) is 69.9 Å². The summed E-state index contributed by atoms with van der Waals surface area (Å²) in [5.41, 5.74) is 3.89. The third-order valence-corrected chi connectivity index (χ3v) is 4.96. The first kappa shape index (κ1) is 16.1. The van der Waals surface area contributed by atoms with Crippen LogP contribution in [0.1, 0.15) is 16.8 Å². The molecule has 1 aliphatic heterocycles. The second kappa shape index (κ2) is 6.85. The molecule has 0 saturated carbocycles. The zero-order chi connectivity index (χ0) is 17.2. The molecule has 0 bridgehead atoms. The van der Waals surface area contributed by atoms with Crippen LogP contribution in [0.3, 0.4) is 0 Å². The van der Waals surface area contributed by atoms with Gasteiger partial charge in [0, 0.05) is 37.8 Å². The summed E-state index contributed by atoms with van der Waals surface area (Å²) in [4.78, 5) is 21.9. The molecule has 3 aromatic rings. The molecule has 0 aliphatic carbocycles. The first-order valence-corrected chi connectivity index (χ1v) is 9.43. The molecular weight excluding hydrogens is 334 g/mol. The molecule has 0 saturated heterocycles. The lowest BCUT2D eigenvalue weighted by atomic mass is 10.1. The molecule has 0 radical (unpaired) electrons. The predicted octanol–water partition coefficient (Wildman–Crippen LogP) is 2.24. The second-order valence-corrected chi connectivity index (χ2v) is 6.88. The van der Waals surface area contributed by atoms with Crippen LogP contribution in [0.5, 0.6) is 0 Å². The third kappa shape index (κ3) is 3.38. The van der Waals surface area contributed by atoms with Gasteiger partial charge in [-0.1, -0.05) is 30.0 Å². The van der Waals surface area contributed by atoms with Crippen LogP contribution >= 0.6 is 11.8 Å². The van der Waals surface area contributed by atoms with Crippen molar-refractivity contribution < 1.29 is 0 Å². The minimum atomic E-state index is -0.0148. The summed E-state index contributed by atoms with van der Waals surface area (Å²) < 4.78 is 1.88. The second-order valence-electron chi connectivity index (χ2n) is 6.09. The number of nitrogens with one attached hydrogen (secondary N) is 1. The number of hydrogen-bond donors (Lipinski definition) is 1. The molecule has 25 heavy (non-hydrogen) atoms. The van der Waals surface area contributed by atoms with Crippen molar-refractivity contribution in [2.24, 2.45) is 0 Å². The van der Waals surface area contributed by atoms with E-state index in [9.17, 15) is 4.79 Å². The Morgan fingerprint density at radius 2 is 2.12 bits per heavy atom. The molecule has 3 heterocycles.